The number of hydrogen-bond acceptors (Lipinski definition) is 4. The fourth-order valence-corrected chi connectivity index (χ4v) is 3.64. The second-order valence-corrected chi connectivity index (χ2v) is 7.19. The molecule has 6 nitrogen and oxygen atoms in total. The summed E-state index contributed by atoms with van der Waals surface area (Å²) in [6.45, 7) is 7.29. The molecule has 0 aliphatic carbocycles. The van der Waals surface area contributed by atoms with Crippen molar-refractivity contribution in [2.75, 3.05) is 6.79 Å². The van der Waals surface area contributed by atoms with E-state index in [1.54, 1.807) is 4.68 Å². The molecule has 0 spiro atoms. The van der Waals surface area contributed by atoms with Crippen LogP contribution < -0.4 is 9.47 Å². The number of nitrogens with zero attached hydrogens (tertiary/aromatic N) is 3. The van der Waals surface area contributed by atoms with E-state index >= 15 is 0 Å². The van der Waals surface area contributed by atoms with E-state index in [0.29, 0.717) is 18.8 Å². The Kier molecular flexibility index (Phi) is 5.25. The van der Waals surface area contributed by atoms with Crippen molar-refractivity contribution >= 4 is 5.91 Å². The Morgan fingerprint density at radius 3 is 2.66 bits per heavy atom. The SMILES string of the molecule is CCn1nc(C)cc1C(=O)N(Cc1ccc2c(c1)OCO2)[C@H](C)c1ccccc1. The molecule has 1 atom stereocenters. The zero-order chi connectivity index (χ0) is 20.4. The predicted octanol–water partition coefficient (Wildman–Crippen LogP) is 4.34. The minimum atomic E-state index is -0.102. The van der Waals surface area contributed by atoms with Crippen LogP contribution in [0.4, 0.5) is 0 Å². The molecule has 29 heavy (non-hydrogen) atoms. The number of aryl methyl sites for hydroxylation is 2. The molecule has 1 aliphatic heterocycles. The Morgan fingerprint density at radius 1 is 1.14 bits per heavy atom. The van der Waals surface area contributed by atoms with Crippen LogP contribution >= 0.6 is 0 Å². The van der Waals surface area contributed by atoms with E-state index in [1.807, 2.05) is 73.3 Å². The van der Waals surface area contributed by atoms with E-state index in [9.17, 15) is 4.79 Å². The lowest BCUT2D eigenvalue weighted by molar-refractivity contribution is 0.0661. The molecule has 150 valence electrons. The largest absolute Gasteiger partial charge is 0.454 e. The lowest BCUT2D eigenvalue weighted by atomic mass is 10.0. The third kappa shape index (κ3) is 3.83. The number of ether oxygens (including phenoxy) is 2. The van der Waals surface area contributed by atoms with Crippen LogP contribution in [-0.4, -0.2) is 27.4 Å². The molecule has 2 aromatic carbocycles. The molecular weight excluding hydrogens is 366 g/mol. The average Bonchev–Trinajstić information content (AvgIpc) is 3.37. The van der Waals surface area contributed by atoms with Gasteiger partial charge in [0.15, 0.2) is 11.5 Å². The van der Waals surface area contributed by atoms with E-state index in [-0.39, 0.29) is 18.7 Å². The van der Waals surface area contributed by atoms with Crippen LogP contribution in [0.15, 0.2) is 54.6 Å². The van der Waals surface area contributed by atoms with E-state index in [1.165, 1.54) is 0 Å². The molecule has 0 saturated carbocycles. The third-order valence-electron chi connectivity index (χ3n) is 5.22. The van der Waals surface area contributed by atoms with Gasteiger partial charge in [-0.2, -0.15) is 5.10 Å². The first-order chi connectivity index (χ1) is 14.1. The zero-order valence-electron chi connectivity index (χ0n) is 17.0. The standard InChI is InChI=1S/C23H25N3O3/c1-4-26-20(12-16(2)24-26)23(27)25(17(3)19-8-6-5-7-9-19)14-18-10-11-21-22(13-18)29-15-28-21/h5-13,17H,4,14-15H2,1-3H3/t17-/m1/s1. The minimum Gasteiger partial charge on any atom is -0.454 e. The van der Waals surface area contributed by atoms with Crippen molar-refractivity contribution < 1.29 is 14.3 Å². The highest BCUT2D eigenvalue weighted by Gasteiger charge is 2.26. The highest BCUT2D eigenvalue weighted by atomic mass is 16.7. The molecular formula is C23H25N3O3. The number of benzene rings is 2. The summed E-state index contributed by atoms with van der Waals surface area (Å²) < 4.78 is 12.7. The maximum absolute atomic E-state index is 13.6. The molecule has 0 saturated heterocycles. The van der Waals surface area contributed by atoms with Gasteiger partial charge >= 0.3 is 0 Å². The quantitative estimate of drug-likeness (QED) is 0.627. The number of hydrogen-bond donors (Lipinski definition) is 0. The van der Waals surface area contributed by atoms with Gasteiger partial charge in [-0.1, -0.05) is 36.4 Å². The summed E-state index contributed by atoms with van der Waals surface area (Å²) in [5.74, 6) is 1.42. The molecule has 1 aliphatic rings. The molecule has 0 unspecified atom stereocenters. The summed E-state index contributed by atoms with van der Waals surface area (Å²) in [4.78, 5) is 15.5. The van der Waals surface area contributed by atoms with Gasteiger partial charge in [-0.3, -0.25) is 9.48 Å². The van der Waals surface area contributed by atoms with Gasteiger partial charge in [-0.05, 0) is 50.1 Å². The highest BCUT2D eigenvalue weighted by Crippen LogP contribution is 2.34. The van der Waals surface area contributed by atoms with Gasteiger partial charge in [0.05, 0.1) is 11.7 Å². The van der Waals surface area contributed by atoms with Gasteiger partial charge in [0.25, 0.3) is 5.91 Å². The Balaban J connectivity index is 1.69. The average molecular weight is 391 g/mol. The topological polar surface area (TPSA) is 56.6 Å². The number of amides is 1. The molecule has 0 radical (unpaired) electrons. The van der Waals surface area contributed by atoms with E-state index in [4.69, 9.17) is 9.47 Å². The molecule has 0 N–H and O–H groups in total. The molecule has 3 aromatic rings. The summed E-state index contributed by atoms with van der Waals surface area (Å²) in [6.07, 6.45) is 0. The van der Waals surface area contributed by atoms with Crippen LogP contribution in [0.5, 0.6) is 11.5 Å². The zero-order valence-corrected chi connectivity index (χ0v) is 17.0. The van der Waals surface area contributed by atoms with E-state index < -0.39 is 0 Å². The molecule has 4 rings (SSSR count). The fourth-order valence-electron chi connectivity index (χ4n) is 3.64. The second-order valence-electron chi connectivity index (χ2n) is 7.19. The lowest BCUT2D eigenvalue weighted by Gasteiger charge is -2.30. The molecule has 1 aromatic heterocycles. The van der Waals surface area contributed by atoms with Gasteiger partial charge in [0, 0.05) is 13.1 Å². The van der Waals surface area contributed by atoms with Crippen molar-refractivity contribution in [3.63, 3.8) is 0 Å². The predicted molar refractivity (Wildman–Crippen MR) is 110 cm³/mol. The second kappa shape index (κ2) is 7.99. The summed E-state index contributed by atoms with van der Waals surface area (Å²) in [7, 11) is 0. The summed E-state index contributed by atoms with van der Waals surface area (Å²) in [5.41, 5.74) is 3.52. The minimum absolute atomic E-state index is 0.0403. The van der Waals surface area contributed by atoms with Crippen molar-refractivity contribution in [1.82, 2.24) is 14.7 Å². The molecule has 2 heterocycles. The lowest BCUT2D eigenvalue weighted by Crippen LogP contribution is -2.34. The maximum Gasteiger partial charge on any atom is 0.272 e. The first-order valence-electron chi connectivity index (χ1n) is 9.85. The van der Waals surface area contributed by atoms with Crippen LogP contribution in [-0.2, 0) is 13.1 Å². The van der Waals surface area contributed by atoms with Gasteiger partial charge in [0.1, 0.15) is 5.69 Å². The van der Waals surface area contributed by atoms with Crippen molar-refractivity contribution in [2.45, 2.75) is 39.9 Å². The van der Waals surface area contributed by atoms with E-state index in [0.717, 1.165) is 28.3 Å². The van der Waals surface area contributed by atoms with Crippen LogP contribution in [0, 0.1) is 6.92 Å². The smallest absolute Gasteiger partial charge is 0.272 e. The van der Waals surface area contributed by atoms with Gasteiger partial charge < -0.3 is 14.4 Å². The number of aromatic nitrogens is 2. The Labute approximate surface area is 170 Å². The molecule has 0 fully saturated rings. The number of carbonyl (C=O) groups excluding carboxylic acids is 1. The highest BCUT2D eigenvalue weighted by molar-refractivity contribution is 5.93. The monoisotopic (exact) mass is 391 g/mol. The normalized spacial score (nSPS) is 13.3. The molecule has 0 bridgehead atoms. The van der Waals surface area contributed by atoms with Crippen LogP contribution in [0.2, 0.25) is 0 Å². The summed E-state index contributed by atoms with van der Waals surface area (Å²) in [6, 6.07) is 17.6. The maximum atomic E-state index is 13.6. The Morgan fingerprint density at radius 2 is 1.90 bits per heavy atom. The number of carbonyl (C=O) groups is 1. The van der Waals surface area contributed by atoms with Gasteiger partial charge in [-0.15, -0.1) is 0 Å². The number of fused-ring (bicyclic) bond motifs is 1. The van der Waals surface area contributed by atoms with Crippen molar-refractivity contribution in [3.05, 3.63) is 77.1 Å². The molecule has 1 amide bonds. The Hall–Kier alpha value is -3.28. The van der Waals surface area contributed by atoms with Gasteiger partial charge in [0.2, 0.25) is 6.79 Å². The van der Waals surface area contributed by atoms with E-state index in [2.05, 4.69) is 12.0 Å². The van der Waals surface area contributed by atoms with Crippen LogP contribution in [0.3, 0.4) is 0 Å². The summed E-state index contributed by atoms with van der Waals surface area (Å²) >= 11 is 0. The fraction of sp³-hybridized carbons (Fsp3) is 0.304. The Bertz CT molecular complexity index is 1010. The molecule has 6 heteroatoms. The first-order valence-corrected chi connectivity index (χ1v) is 9.85. The van der Waals surface area contributed by atoms with Crippen LogP contribution in [0.1, 0.15) is 47.2 Å². The number of rotatable bonds is 6. The van der Waals surface area contributed by atoms with Gasteiger partial charge in [-0.25, -0.2) is 0 Å². The van der Waals surface area contributed by atoms with Crippen molar-refractivity contribution in [3.8, 4) is 11.5 Å². The summed E-state index contributed by atoms with van der Waals surface area (Å²) in [5, 5.41) is 4.45. The van der Waals surface area contributed by atoms with Crippen molar-refractivity contribution in [2.24, 2.45) is 0 Å². The van der Waals surface area contributed by atoms with Crippen molar-refractivity contribution in [1.29, 1.82) is 0 Å². The third-order valence-corrected chi connectivity index (χ3v) is 5.22. The first kappa shape index (κ1) is 19.1. The van der Waals surface area contributed by atoms with Crippen LogP contribution in [0.25, 0.3) is 0 Å².